The Hall–Kier alpha value is -2.04. The van der Waals surface area contributed by atoms with Gasteiger partial charge >= 0.3 is 6.03 Å². The molecule has 0 bridgehead atoms. The first-order valence-corrected chi connectivity index (χ1v) is 9.98. The maximum atomic E-state index is 14.1. The number of halogens is 1. The van der Waals surface area contributed by atoms with Gasteiger partial charge in [0.2, 0.25) is 0 Å². The Kier molecular flexibility index (Phi) is 5.76. The molecule has 3 N–H and O–H groups in total. The van der Waals surface area contributed by atoms with Crippen molar-refractivity contribution in [1.82, 2.24) is 10.3 Å². The summed E-state index contributed by atoms with van der Waals surface area (Å²) >= 11 is 1.14. The molecule has 1 heterocycles. The number of urea groups is 1. The third kappa shape index (κ3) is 4.74. The number of aromatic nitrogens is 1. The van der Waals surface area contributed by atoms with Crippen molar-refractivity contribution in [2.75, 3.05) is 18.2 Å². The van der Waals surface area contributed by atoms with Crippen molar-refractivity contribution in [3.63, 3.8) is 0 Å². The lowest BCUT2D eigenvalue weighted by atomic mass is 10.1. The SMILES string of the molecule is Cc1nc(NC(=O)N[C@@H](C)CO)sc1-c1ccc(S(C)(=O)=O)c(F)c1. The number of carbonyl (C=O) groups is 1. The largest absolute Gasteiger partial charge is 0.394 e. The highest BCUT2D eigenvalue weighted by atomic mass is 32.2. The van der Waals surface area contributed by atoms with Crippen molar-refractivity contribution in [3.8, 4) is 10.4 Å². The second-order valence-corrected chi connectivity index (χ2v) is 8.52. The summed E-state index contributed by atoms with van der Waals surface area (Å²) in [6.45, 7) is 3.15. The summed E-state index contributed by atoms with van der Waals surface area (Å²) in [7, 11) is -3.64. The van der Waals surface area contributed by atoms with Crippen molar-refractivity contribution < 1.29 is 22.7 Å². The molecule has 136 valence electrons. The molecule has 2 rings (SSSR count). The number of aliphatic hydroxyl groups is 1. The molecule has 25 heavy (non-hydrogen) atoms. The van der Waals surface area contributed by atoms with E-state index in [2.05, 4.69) is 15.6 Å². The number of benzene rings is 1. The highest BCUT2D eigenvalue weighted by Gasteiger charge is 2.17. The van der Waals surface area contributed by atoms with Crippen LogP contribution in [-0.4, -0.2) is 43.4 Å². The van der Waals surface area contributed by atoms with Gasteiger partial charge in [0.1, 0.15) is 10.7 Å². The molecule has 0 spiro atoms. The molecular formula is C15H18FN3O4S2. The number of hydrogen-bond donors (Lipinski definition) is 3. The smallest absolute Gasteiger partial charge is 0.321 e. The molecule has 0 aliphatic heterocycles. The lowest BCUT2D eigenvalue weighted by molar-refractivity contribution is 0.229. The number of anilines is 1. The summed E-state index contributed by atoms with van der Waals surface area (Å²) in [4.78, 5) is 16.2. The van der Waals surface area contributed by atoms with Gasteiger partial charge in [-0.25, -0.2) is 22.6 Å². The Morgan fingerprint density at radius 1 is 1.44 bits per heavy atom. The van der Waals surface area contributed by atoms with E-state index in [0.717, 1.165) is 23.7 Å². The van der Waals surface area contributed by atoms with E-state index in [-0.39, 0.29) is 11.5 Å². The van der Waals surface area contributed by atoms with Gasteiger partial charge in [0, 0.05) is 6.26 Å². The highest BCUT2D eigenvalue weighted by Crippen LogP contribution is 2.34. The Bertz CT molecular complexity index is 896. The molecule has 2 aromatic rings. The second kappa shape index (κ2) is 7.46. The molecule has 0 saturated carbocycles. The third-order valence-corrected chi connectivity index (χ3v) is 5.51. The predicted molar refractivity (Wildman–Crippen MR) is 94.1 cm³/mol. The Balaban J connectivity index is 2.26. The summed E-state index contributed by atoms with van der Waals surface area (Å²) < 4.78 is 37.0. The molecule has 0 aliphatic carbocycles. The van der Waals surface area contributed by atoms with Crippen LogP contribution in [0.2, 0.25) is 0 Å². The summed E-state index contributed by atoms with van der Waals surface area (Å²) in [5, 5.41) is 14.3. The van der Waals surface area contributed by atoms with Crippen LogP contribution in [0.5, 0.6) is 0 Å². The van der Waals surface area contributed by atoms with Gasteiger partial charge in [-0.15, -0.1) is 0 Å². The van der Waals surface area contributed by atoms with Crippen LogP contribution in [0.15, 0.2) is 23.1 Å². The predicted octanol–water partition coefficient (Wildman–Crippen LogP) is 2.16. The average molecular weight is 387 g/mol. The third-order valence-electron chi connectivity index (χ3n) is 3.26. The minimum Gasteiger partial charge on any atom is -0.394 e. The number of rotatable bonds is 5. The van der Waals surface area contributed by atoms with Crippen molar-refractivity contribution >= 4 is 32.3 Å². The molecule has 7 nitrogen and oxygen atoms in total. The van der Waals surface area contributed by atoms with Gasteiger partial charge in [-0.2, -0.15) is 0 Å². The molecule has 1 aromatic heterocycles. The number of sulfone groups is 1. The lowest BCUT2D eigenvalue weighted by Gasteiger charge is -2.10. The summed E-state index contributed by atoms with van der Waals surface area (Å²) in [5.74, 6) is -0.836. The van der Waals surface area contributed by atoms with Crippen LogP contribution >= 0.6 is 11.3 Å². The summed E-state index contributed by atoms with van der Waals surface area (Å²) in [6.07, 6.45) is 0.942. The molecular weight excluding hydrogens is 369 g/mol. The van der Waals surface area contributed by atoms with Crippen LogP contribution < -0.4 is 10.6 Å². The number of nitrogens with zero attached hydrogens (tertiary/aromatic N) is 1. The quantitative estimate of drug-likeness (QED) is 0.729. The van der Waals surface area contributed by atoms with Crippen LogP contribution in [0.4, 0.5) is 14.3 Å². The van der Waals surface area contributed by atoms with Crippen LogP contribution in [0.25, 0.3) is 10.4 Å². The maximum Gasteiger partial charge on any atom is 0.321 e. The van der Waals surface area contributed by atoms with E-state index in [4.69, 9.17) is 5.11 Å². The van der Waals surface area contributed by atoms with Gasteiger partial charge in [0.25, 0.3) is 0 Å². The van der Waals surface area contributed by atoms with Gasteiger partial charge in [-0.05, 0) is 31.5 Å². The van der Waals surface area contributed by atoms with Crippen LogP contribution in [0.1, 0.15) is 12.6 Å². The topological polar surface area (TPSA) is 108 Å². The van der Waals surface area contributed by atoms with Gasteiger partial charge in [-0.3, -0.25) is 5.32 Å². The van der Waals surface area contributed by atoms with E-state index < -0.39 is 27.7 Å². The van der Waals surface area contributed by atoms with Gasteiger partial charge in [-0.1, -0.05) is 17.4 Å². The molecule has 1 aromatic carbocycles. The fraction of sp³-hybridized carbons (Fsp3) is 0.333. The molecule has 1 atom stereocenters. The lowest BCUT2D eigenvalue weighted by Crippen LogP contribution is -2.38. The first-order chi connectivity index (χ1) is 11.6. The standard InChI is InChI=1S/C15H18FN3O4S2/c1-8(7-20)17-14(21)19-15-18-9(2)13(24-15)10-4-5-12(11(16)6-10)25(3,22)23/h4-6,8,20H,7H2,1-3H3,(H2,17,18,19,21)/t8-/m0/s1. The summed E-state index contributed by atoms with van der Waals surface area (Å²) in [6, 6.07) is 2.92. The minimum absolute atomic E-state index is 0.193. The fourth-order valence-electron chi connectivity index (χ4n) is 2.06. The van der Waals surface area contributed by atoms with E-state index in [1.165, 1.54) is 12.1 Å². The first kappa shape index (κ1) is 19.3. The summed E-state index contributed by atoms with van der Waals surface area (Å²) in [5.41, 5.74) is 1.04. The number of aliphatic hydroxyl groups excluding tert-OH is 1. The second-order valence-electron chi connectivity index (χ2n) is 5.53. The monoisotopic (exact) mass is 387 g/mol. The molecule has 0 aliphatic rings. The van der Waals surface area contributed by atoms with Crippen molar-refractivity contribution in [2.24, 2.45) is 0 Å². The van der Waals surface area contributed by atoms with Crippen molar-refractivity contribution in [3.05, 3.63) is 29.7 Å². The van der Waals surface area contributed by atoms with E-state index in [1.54, 1.807) is 13.8 Å². The number of carbonyl (C=O) groups excluding carboxylic acids is 1. The van der Waals surface area contributed by atoms with Crippen LogP contribution in [0, 0.1) is 12.7 Å². The molecule has 0 saturated heterocycles. The number of hydrogen-bond acceptors (Lipinski definition) is 6. The highest BCUT2D eigenvalue weighted by molar-refractivity contribution is 7.90. The first-order valence-electron chi connectivity index (χ1n) is 7.27. The molecule has 0 unspecified atom stereocenters. The Morgan fingerprint density at radius 3 is 2.68 bits per heavy atom. The van der Waals surface area contributed by atoms with Crippen molar-refractivity contribution in [2.45, 2.75) is 24.8 Å². The minimum atomic E-state index is -3.64. The average Bonchev–Trinajstić information content (AvgIpc) is 2.85. The number of aryl methyl sites for hydroxylation is 1. The zero-order valence-corrected chi connectivity index (χ0v) is 15.5. The Morgan fingerprint density at radius 2 is 2.12 bits per heavy atom. The van der Waals surface area contributed by atoms with Gasteiger partial charge in [0.05, 0.1) is 23.2 Å². The number of nitrogens with one attached hydrogen (secondary N) is 2. The van der Waals surface area contributed by atoms with E-state index in [0.29, 0.717) is 21.3 Å². The number of amides is 2. The Labute approximate surface area is 148 Å². The van der Waals surface area contributed by atoms with E-state index >= 15 is 0 Å². The zero-order valence-electron chi connectivity index (χ0n) is 13.8. The molecule has 2 amide bonds. The normalized spacial score (nSPS) is 12.7. The van der Waals surface area contributed by atoms with Gasteiger partial charge < -0.3 is 10.4 Å². The fourth-order valence-corrected chi connectivity index (χ4v) is 3.75. The molecule has 0 radical (unpaired) electrons. The molecule has 0 fully saturated rings. The zero-order chi connectivity index (χ0) is 18.8. The number of thiazole rings is 1. The van der Waals surface area contributed by atoms with Crippen molar-refractivity contribution in [1.29, 1.82) is 0 Å². The van der Waals surface area contributed by atoms with Crippen LogP contribution in [-0.2, 0) is 9.84 Å². The van der Waals surface area contributed by atoms with E-state index in [9.17, 15) is 17.6 Å². The van der Waals surface area contributed by atoms with E-state index in [1.807, 2.05) is 0 Å². The van der Waals surface area contributed by atoms with Crippen LogP contribution in [0.3, 0.4) is 0 Å². The van der Waals surface area contributed by atoms with Gasteiger partial charge in [0.15, 0.2) is 15.0 Å². The molecule has 10 heteroatoms. The maximum absolute atomic E-state index is 14.1.